The Bertz CT molecular complexity index is 1900. The lowest BCUT2D eigenvalue weighted by molar-refractivity contribution is -0.127. The van der Waals surface area contributed by atoms with Gasteiger partial charge in [0.2, 0.25) is 5.91 Å². The third-order valence-corrected chi connectivity index (χ3v) is 8.38. The Balaban J connectivity index is 1.26. The zero-order valence-corrected chi connectivity index (χ0v) is 28.0. The van der Waals surface area contributed by atoms with Gasteiger partial charge < -0.3 is 29.5 Å². The van der Waals surface area contributed by atoms with Crippen molar-refractivity contribution >= 4 is 28.8 Å². The Hall–Kier alpha value is -5.23. The zero-order valence-electron chi connectivity index (χ0n) is 28.0. The van der Waals surface area contributed by atoms with Gasteiger partial charge in [-0.3, -0.25) is 4.79 Å². The summed E-state index contributed by atoms with van der Waals surface area (Å²) in [7, 11) is 3.94. The number of allylic oxidation sites excluding steroid dienone is 1. The molecule has 0 saturated carbocycles. The highest BCUT2D eigenvalue weighted by Crippen LogP contribution is 2.40. The zero-order chi connectivity index (χ0) is 33.8. The van der Waals surface area contributed by atoms with Gasteiger partial charge in [0.1, 0.15) is 36.1 Å². The minimum absolute atomic E-state index is 0.0124. The van der Waals surface area contributed by atoms with Crippen LogP contribution in [0.5, 0.6) is 17.2 Å². The SMILES string of the molecule is CC/C=C/N=C(Nc1cc(C)c(Oc2ccn3ncnc3c2)cc1F)c1c(C)ccc2c1OCC1CN(C(=O)/C=C/CN(C)C)CCN21. The van der Waals surface area contributed by atoms with Gasteiger partial charge in [-0.05, 0) is 63.7 Å². The number of piperazine rings is 1. The number of nitrogens with one attached hydrogen (secondary N) is 1. The Morgan fingerprint density at radius 1 is 1.17 bits per heavy atom. The summed E-state index contributed by atoms with van der Waals surface area (Å²) in [5.41, 5.74) is 4.25. The number of ether oxygens (including phenoxy) is 2. The predicted molar refractivity (Wildman–Crippen MR) is 186 cm³/mol. The molecule has 4 aromatic rings. The molecule has 250 valence electrons. The molecule has 1 unspecified atom stereocenters. The van der Waals surface area contributed by atoms with Crippen LogP contribution in [-0.4, -0.2) is 89.1 Å². The lowest BCUT2D eigenvalue weighted by atomic mass is 10.00. The highest BCUT2D eigenvalue weighted by atomic mass is 19.1. The van der Waals surface area contributed by atoms with Crippen molar-refractivity contribution in [1.82, 2.24) is 24.4 Å². The third kappa shape index (κ3) is 7.03. The van der Waals surface area contributed by atoms with Crippen molar-refractivity contribution in [2.24, 2.45) is 4.99 Å². The van der Waals surface area contributed by atoms with Crippen LogP contribution in [0.3, 0.4) is 0 Å². The number of anilines is 2. The first-order valence-corrected chi connectivity index (χ1v) is 16.1. The van der Waals surface area contributed by atoms with Crippen LogP contribution in [0.15, 0.2) is 78.3 Å². The van der Waals surface area contributed by atoms with Gasteiger partial charge in [-0.15, -0.1) is 0 Å². The van der Waals surface area contributed by atoms with E-state index in [1.807, 2.05) is 62.9 Å². The number of aromatic nitrogens is 3. The Morgan fingerprint density at radius 2 is 2.02 bits per heavy atom. The van der Waals surface area contributed by atoms with Gasteiger partial charge in [0, 0.05) is 56.8 Å². The molecule has 0 aliphatic carbocycles. The lowest BCUT2D eigenvalue weighted by Crippen LogP contribution is -2.58. The summed E-state index contributed by atoms with van der Waals surface area (Å²) in [6, 6.07) is 10.7. The summed E-state index contributed by atoms with van der Waals surface area (Å²) in [5, 5.41) is 7.37. The van der Waals surface area contributed by atoms with Gasteiger partial charge in [0.25, 0.3) is 0 Å². The Morgan fingerprint density at radius 3 is 2.83 bits per heavy atom. The molecule has 48 heavy (non-hydrogen) atoms. The van der Waals surface area contributed by atoms with E-state index >= 15 is 4.39 Å². The molecule has 2 aliphatic heterocycles. The van der Waals surface area contributed by atoms with Crippen molar-refractivity contribution in [2.45, 2.75) is 33.2 Å². The normalized spacial score (nSPS) is 16.5. The first-order valence-electron chi connectivity index (χ1n) is 16.1. The van der Waals surface area contributed by atoms with Crippen LogP contribution < -0.4 is 19.7 Å². The number of benzene rings is 2. The van der Waals surface area contributed by atoms with Crippen LogP contribution in [0.1, 0.15) is 30.0 Å². The van der Waals surface area contributed by atoms with E-state index in [1.54, 1.807) is 41.2 Å². The molecule has 2 aliphatic rings. The molecular formula is C36H41FN8O3. The largest absolute Gasteiger partial charge is 0.488 e. The number of carbonyl (C=O) groups excluding carboxylic acids is 1. The van der Waals surface area contributed by atoms with E-state index in [4.69, 9.17) is 14.5 Å². The maximum absolute atomic E-state index is 15.8. The van der Waals surface area contributed by atoms with Crippen molar-refractivity contribution in [1.29, 1.82) is 0 Å². The topological polar surface area (TPSA) is 99.8 Å². The first kappa shape index (κ1) is 32.7. The van der Waals surface area contributed by atoms with Crippen LogP contribution in [0.25, 0.3) is 5.65 Å². The number of amides is 1. The van der Waals surface area contributed by atoms with E-state index < -0.39 is 5.82 Å². The molecule has 2 aromatic carbocycles. The average molecular weight is 653 g/mol. The van der Waals surface area contributed by atoms with E-state index in [0.29, 0.717) is 61.5 Å². The molecule has 1 N–H and O–H groups in total. The fraction of sp³-hybridized carbons (Fsp3) is 0.333. The number of likely N-dealkylation sites (N-methyl/N-ethyl adjacent to an activating group) is 1. The van der Waals surface area contributed by atoms with Crippen LogP contribution in [-0.2, 0) is 4.79 Å². The Kier molecular flexibility index (Phi) is 9.72. The number of halogens is 1. The maximum atomic E-state index is 15.8. The fourth-order valence-electron chi connectivity index (χ4n) is 5.88. The second-order valence-electron chi connectivity index (χ2n) is 12.2. The summed E-state index contributed by atoms with van der Waals surface area (Å²) >= 11 is 0. The molecule has 1 fully saturated rings. The minimum Gasteiger partial charge on any atom is -0.488 e. The molecule has 0 spiro atoms. The molecule has 11 nitrogen and oxygen atoms in total. The molecule has 2 aromatic heterocycles. The van der Waals surface area contributed by atoms with Gasteiger partial charge in [0.15, 0.2) is 11.4 Å². The number of pyridine rings is 1. The van der Waals surface area contributed by atoms with Crippen LogP contribution in [0.2, 0.25) is 0 Å². The number of aliphatic imine (C=N–C) groups is 1. The van der Waals surface area contributed by atoms with Gasteiger partial charge in [-0.2, -0.15) is 5.10 Å². The smallest absolute Gasteiger partial charge is 0.246 e. The number of amidine groups is 1. The summed E-state index contributed by atoms with van der Waals surface area (Å²) < 4.78 is 29.9. The highest BCUT2D eigenvalue weighted by Gasteiger charge is 2.36. The number of hydrogen-bond donors (Lipinski definition) is 1. The van der Waals surface area contributed by atoms with E-state index in [9.17, 15) is 4.79 Å². The van der Waals surface area contributed by atoms with Crippen molar-refractivity contribution in [3.05, 3.63) is 95.9 Å². The molecule has 1 saturated heterocycles. The van der Waals surface area contributed by atoms with Crippen molar-refractivity contribution in [2.75, 3.05) is 57.1 Å². The summed E-state index contributed by atoms with van der Waals surface area (Å²) in [4.78, 5) is 28.0. The van der Waals surface area contributed by atoms with Gasteiger partial charge in [0.05, 0.1) is 23.0 Å². The fourth-order valence-corrected chi connectivity index (χ4v) is 5.88. The molecule has 1 amide bonds. The van der Waals surface area contributed by atoms with E-state index in [-0.39, 0.29) is 17.6 Å². The van der Waals surface area contributed by atoms with E-state index in [1.165, 1.54) is 12.4 Å². The van der Waals surface area contributed by atoms with Gasteiger partial charge in [-0.25, -0.2) is 18.9 Å². The van der Waals surface area contributed by atoms with E-state index in [2.05, 4.69) is 26.4 Å². The lowest BCUT2D eigenvalue weighted by Gasteiger charge is -2.46. The van der Waals surface area contributed by atoms with Crippen molar-refractivity contribution in [3.8, 4) is 17.2 Å². The monoisotopic (exact) mass is 652 g/mol. The molecular weight excluding hydrogens is 611 g/mol. The number of carbonyl (C=O) groups is 1. The first-order chi connectivity index (χ1) is 23.2. The second kappa shape index (κ2) is 14.3. The van der Waals surface area contributed by atoms with Crippen LogP contribution >= 0.6 is 0 Å². The van der Waals surface area contributed by atoms with Gasteiger partial charge in [-0.1, -0.05) is 25.1 Å². The van der Waals surface area contributed by atoms with E-state index in [0.717, 1.165) is 28.8 Å². The molecule has 6 rings (SSSR count). The number of fused-ring (bicyclic) bond motifs is 4. The molecule has 0 bridgehead atoms. The van der Waals surface area contributed by atoms with Crippen molar-refractivity contribution in [3.63, 3.8) is 0 Å². The third-order valence-electron chi connectivity index (χ3n) is 8.38. The number of aryl methyl sites for hydroxylation is 2. The molecule has 0 radical (unpaired) electrons. The van der Waals surface area contributed by atoms with Gasteiger partial charge >= 0.3 is 0 Å². The summed E-state index contributed by atoms with van der Waals surface area (Å²) in [6.07, 6.45) is 11.2. The van der Waals surface area contributed by atoms with Crippen LogP contribution in [0.4, 0.5) is 15.8 Å². The number of rotatable bonds is 9. The summed E-state index contributed by atoms with van der Waals surface area (Å²) in [6.45, 7) is 8.86. The maximum Gasteiger partial charge on any atom is 0.246 e. The Labute approximate surface area is 280 Å². The number of nitrogens with zero attached hydrogens (tertiary/aromatic N) is 7. The molecule has 4 heterocycles. The molecule has 12 heteroatoms. The average Bonchev–Trinajstić information content (AvgIpc) is 3.54. The second-order valence-corrected chi connectivity index (χ2v) is 12.2. The number of hydrogen-bond acceptors (Lipinski definition) is 8. The van der Waals surface area contributed by atoms with Crippen LogP contribution in [0, 0.1) is 19.7 Å². The predicted octanol–water partition coefficient (Wildman–Crippen LogP) is 5.59. The molecule has 1 atom stereocenters. The standard InChI is InChI=1S/C36H41FN8O3/c1-6-7-13-38-36(41-29-18-25(3)31(20-28(29)37)48-27-12-15-45-32(19-27)39-23-40-45)34-24(2)10-11-30-35(34)47-22-26-21-43(16-17-44(26)30)33(46)9-8-14-42(4)5/h7-13,15,18-20,23,26H,6,14,16-17,21-22H2,1-5H3,(H,38,41)/b9-8+,13-7+. The quantitative estimate of drug-likeness (QED) is 0.142. The van der Waals surface area contributed by atoms with Crippen molar-refractivity contribution < 1.29 is 18.7 Å². The minimum atomic E-state index is -0.491. The highest BCUT2D eigenvalue weighted by molar-refractivity contribution is 6.12. The summed E-state index contributed by atoms with van der Waals surface area (Å²) in [5.74, 6) is 1.59.